The predicted molar refractivity (Wildman–Crippen MR) is 116 cm³/mol. The third-order valence-corrected chi connectivity index (χ3v) is 5.46. The third-order valence-electron chi connectivity index (χ3n) is 4.64. The van der Waals surface area contributed by atoms with E-state index in [0.717, 1.165) is 27.3 Å². The van der Waals surface area contributed by atoms with Gasteiger partial charge < -0.3 is 5.32 Å². The van der Waals surface area contributed by atoms with Crippen LogP contribution in [-0.2, 0) is 4.79 Å². The van der Waals surface area contributed by atoms with Crippen molar-refractivity contribution in [3.63, 3.8) is 0 Å². The highest BCUT2D eigenvalue weighted by atomic mass is 32.1. The summed E-state index contributed by atoms with van der Waals surface area (Å²) < 4.78 is 1.48. The van der Waals surface area contributed by atoms with Gasteiger partial charge >= 0.3 is 0 Å². The van der Waals surface area contributed by atoms with Crippen LogP contribution >= 0.6 is 11.3 Å². The molecule has 144 valence electrons. The maximum atomic E-state index is 13.3. The fourth-order valence-electron chi connectivity index (χ4n) is 2.92. The van der Waals surface area contributed by atoms with Crippen LogP contribution in [-0.4, -0.2) is 26.1 Å². The first kappa shape index (κ1) is 18.8. The molecule has 0 aliphatic rings. The minimum absolute atomic E-state index is 0.281. The number of rotatable bonds is 5. The molecule has 2 aromatic carbocycles. The number of thiophene rings is 1. The molecule has 0 aliphatic heterocycles. The second-order valence-electron chi connectivity index (χ2n) is 6.53. The highest BCUT2D eigenvalue weighted by Crippen LogP contribution is 2.24. The van der Waals surface area contributed by atoms with Crippen molar-refractivity contribution in [2.75, 3.05) is 5.32 Å². The number of carbonyl (C=O) groups is 1. The molecule has 1 amide bonds. The minimum Gasteiger partial charge on any atom is -0.320 e. The van der Waals surface area contributed by atoms with Crippen molar-refractivity contribution in [3.05, 3.63) is 82.0 Å². The second kappa shape index (κ2) is 8.20. The van der Waals surface area contributed by atoms with Gasteiger partial charge in [0, 0.05) is 16.1 Å². The lowest BCUT2D eigenvalue weighted by Gasteiger charge is -2.13. The van der Waals surface area contributed by atoms with Crippen LogP contribution in [0, 0.1) is 13.8 Å². The maximum Gasteiger partial charge on any atom is 0.274 e. The quantitative estimate of drug-likeness (QED) is 0.494. The third kappa shape index (κ3) is 4.00. The van der Waals surface area contributed by atoms with Crippen molar-refractivity contribution in [1.29, 1.82) is 0 Å². The first-order chi connectivity index (χ1) is 14.1. The van der Waals surface area contributed by atoms with Crippen molar-refractivity contribution in [2.45, 2.75) is 13.8 Å². The van der Waals surface area contributed by atoms with Gasteiger partial charge in [-0.2, -0.15) is 4.68 Å². The Hall–Kier alpha value is -3.58. The summed E-state index contributed by atoms with van der Waals surface area (Å²) >= 11 is 1.54. The zero-order chi connectivity index (χ0) is 20.2. The lowest BCUT2D eigenvalue weighted by molar-refractivity contribution is -0.111. The van der Waals surface area contributed by atoms with E-state index >= 15 is 0 Å². The van der Waals surface area contributed by atoms with Crippen LogP contribution in [0.2, 0.25) is 0 Å². The molecule has 0 aliphatic carbocycles. The molecule has 2 aromatic heterocycles. The Balaban J connectivity index is 1.77. The van der Waals surface area contributed by atoms with Crippen LogP contribution in [0.25, 0.3) is 23.2 Å². The summed E-state index contributed by atoms with van der Waals surface area (Å²) in [5.74, 6) is 0.223. The zero-order valence-electron chi connectivity index (χ0n) is 16.0. The normalized spacial score (nSPS) is 11.4. The first-order valence-corrected chi connectivity index (χ1v) is 9.98. The Kier molecular flexibility index (Phi) is 5.31. The standard InChI is InChI=1S/C22H19N5OS/c1-15-8-6-12-19(16(15)2)23-22(28)20(14-18-11-7-13-29-18)27-21(24-25-26-27)17-9-4-3-5-10-17/h3-14H,1-2H3,(H,23,28)/b20-14+. The largest absolute Gasteiger partial charge is 0.320 e. The van der Waals surface area contributed by atoms with E-state index in [-0.39, 0.29) is 5.91 Å². The molecule has 0 spiro atoms. The predicted octanol–water partition coefficient (Wildman–Crippen LogP) is 4.66. The van der Waals surface area contributed by atoms with Crippen LogP contribution in [0.3, 0.4) is 0 Å². The molecule has 7 heteroatoms. The lowest BCUT2D eigenvalue weighted by Crippen LogP contribution is -2.20. The summed E-state index contributed by atoms with van der Waals surface area (Å²) in [4.78, 5) is 14.2. The van der Waals surface area contributed by atoms with Gasteiger partial charge in [-0.15, -0.1) is 16.4 Å². The van der Waals surface area contributed by atoms with E-state index in [1.165, 1.54) is 4.68 Å². The molecule has 4 aromatic rings. The van der Waals surface area contributed by atoms with Gasteiger partial charge in [-0.25, -0.2) is 0 Å². The number of aryl methyl sites for hydroxylation is 1. The van der Waals surface area contributed by atoms with Crippen LogP contribution < -0.4 is 5.32 Å². The average molecular weight is 401 g/mol. The molecule has 0 saturated heterocycles. The monoisotopic (exact) mass is 401 g/mol. The molecule has 6 nitrogen and oxygen atoms in total. The summed E-state index contributed by atoms with van der Waals surface area (Å²) in [6.07, 6.45) is 1.80. The van der Waals surface area contributed by atoms with Crippen LogP contribution in [0.4, 0.5) is 5.69 Å². The average Bonchev–Trinajstić information content (AvgIpc) is 3.42. The first-order valence-electron chi connectivity index (χ1n) is 9.10. The summed E-state index contributed by atoms with van der Waals surface area (Å²) in [5, 5.41) is 17.0. The number of benzene rings is 2. The van der Waals surface area contributed by atoms with Crippen LogP contribution in [0.1, 0.15) is 16.0 Å². The Labute approximate surface area is 172 Å². The van der Waals surface area contributed by atoms with Gasteiger partial charge in [-0.1, -0.05) is 48.5 Å². The van der Waals surface area contributed by atoms with E-state index < -0.39 is 0 Å². The van der Waals surface area contributed by atoms with Crippen LogP contribution in [0.15, 0.2) is 66.0 Å². The maximum absolute atomic E-state index is 13.3. The van der Waals surface area contributed by atoms with Gasteiger partial charge in [0.2, 0.25) is 0 Å². The van der Waals surface area contributed by atoms with Crippen molar-refractivity contribution >= 4 is 34.7 Å². The van der Waals surface area contributed by atoms with Gasteiger partial charge in [0.1, 0.15) is 5.70 Å². The van der Waals surface area contributed by atoms with Gasteiger partial charge in [0.25, 0.3) is 5.91 Å². The molecular formula is C22H19N5OS. The fourth-order valence-corrected chi connectivity index (χ4v) is 3.57. The SMILES string of the molecule is Cc1cccc(NC(=O)/C(=C\c2cccs2)n2nnnc2-c2ccccc2)c1C. The topological polar surface area (TPSA) is 72.7 Å². The molecule has 1 N–H and O–H groups in total. The van der Waals surface area contributed by atoms with Crippen molar-refractivity contribution in [3.8, 4) is 11.4 Å². The van der Waals surface area contributed by atoms with E-state index in [0.29, 0.717) is 11.5 Å². The number of aromatic nitrogens is 4. The Morgan fingerprint density at radius 2 is 1.86 bits per heavy atom. The molecular weight excluding hydrogens is 382 g/mol. The highest BCUT2D eigenvalue weighted by molar-refractivity contribution is 7.10. The van der Waals surface area contributed by atoms with E-state index in [1.54, 1.807) is 17.4 Å². The van der Waals surface area contributed by atoms with Crippen molar-refractivity contribution < 1.29 is 4.79 Å². The number of tetrazole rings is 1. The molecule has 0 unspecified atom stereocenters. The van der Waals surface area contributed by atoms with E-state index in [9.17, 15) is 4.79 Å². The Morgan fingerprint density at radius 1 is 1.03 bits per heavy atom. The molecule has 4 rings (SSSR count). The van der Waals surface area contributed by atoms with E-state index in [1.807, 2.05) is 79.9 Å². The minimum atomic E-state index is -0.281. The summed E-state index contributed by atoms with van der Waals surface area (Å²) in [7, 11) is 0. The van der Waals surface area contributed by atoms with Gasteiger partial charge in [0.05, 0.1) is 0 Å². The zero-order valence-corrected chi connectivity index (χ0v) is 16.9. The Bertz CT molecular complexity index is 1160. The van der Waals surface area contributed by atoms with E-state index in [4.69, 9.17) is 0 Å². The van der Waals surface area contributed by atoms with E-state index in [2.05, 4.69) is 20.8 Å². The molecule has 0 fully saturated rings. The smallest absolute Gasteiger partial charge is 0.274 e. The van der Waals surface area contributed by atoms with Gasteiger partial charge in [-0.3, -0.25) is 4.79 Å². The number of amides is 1. The number of anilines is 1. The van der Waals surface area contributed by atoms with Crippen molar-refractivity contribution in [1.82, 2.24) is 20.2 Å². The number of nitrogens with zero attached hydrogens (tertiary/aromatic N) is 4. The molecule has 0 radical (unpaired) electrons. The molecule has 29 heavy (non-hydrogen) atoms. The number of hydrogen-bond donors (Lipinski definition) is 1. The number of hydrogen-bond acceptors (Lipinski definition) is 5. The second-order valence-corrected chi connectivity index (χ2v) is 7.51. The lowest BCUT2D eigenvalue weighted by atomic mass is 10.1. The Morgan fingerprint density at radius 3 is 2.62 bits per heavy atom. The number of nitrogens with one attached hydrogen (secondary N) is 1. The fraction of sp³-hybridized carbons (Fsp3) is 0.0909. The summed E-state index contributed by atoms with van der Waals surface area (Å²) in [6, 6.07) is 19.3. The summed E-state index contributed by atoms with van der Waals surface area (Å²) in [5.41, 5.74) is 4.07. The van der Waals surface area contributed by atoms with Gasteiger partial charge in [0.15, 0.2) is 5.82 Å². The summed E-state index contributed by atoms with van der Waals surface area (Å²) in [6.45, 7) is 4.00. The van der Waals surface area contributed by atoms with Crippen LogP contribution in [0.5, 0.6) is 0 Å². The van der Waals surface area contributed by atoms with Crippen molar-refractivity contribution in [2.24, 2.45) is 0 Å². The molecule has 0 atom stereocenters. The molecule has 0 bridgehead atoms. The molecule has 0 saturated carbocycles. The number of carbonyl (C=O) groups excluding carboxylic acids is 1. The molecule has 2 heterocycles. The van der Waals surface area contributed by atoms with Gasteiger partial charge in [-0.05, 0) is 59.0 Å². The highest BCUT2D eigenvalue weighted by Gasteiger charge is 2.20.